The number of unbranched alkanes of at least 4 members (excludes halogenated alkanes) is 1. The zero-order chi connectivity index (χ0) is 37.9. The van der Waals surface area contributed by atoms with Gasteiger partial charge in [-0.1, -0.05) is 152 Å². The molecule has 55 heavy (non-hydrogen) atoms. The predicted octanol–water partition coefficient (Wildman–Crippen LogP) is 8.51. The van der Waals surface area contributed by atoms with E-state index in [1.165, 1.54) is 5.57 Å². The Morgan fingerprint density at radius 3 is 1.75 bits per heavy atom. The molecule has 1 aliphatic heterocycles. The van der Waals surface area contributed by atoms with Gasteiger partial charge in [-0.3, -0.25) is 4.79 Å². The summed E-state index contributed by atoms with van der Waals surface area (Å²) in [5.41, 5.74) is 5.56. The molecule has 1 aliphatic carbocycles. The first-order valence-corrected chi connectivity index (χ1v) is 19.6. The third kappa shape index (κ3) is 13.1. The van der Waals surface area contributed by atoms with Crippen molar-refractivity contribution in [2.75, 3.05) is 19.8 Å². The Hall–Kier alpha value is -4.41. The summed E-state index contributed by atoms with van der Waals surface area (Å²) in [6.07, 6.45) is 7.25. The van der Waals surface area contributed by atoms with Gasteiger partial charge in [0.25, 0.3) is 0 Å². The van der Waals surface area contributed by atoms with Crippen LogP contribution in [0.15, 0.2) is 145 Å². The van der Waals surface area contributed by atoms with Crippen LogP contribution in [0.25, 0.3) is 0 Å². The number of nitrogens with one attached hydrogen (secondary N) is 1. The van der Waals surface area contributed by atoms with Crippen LogP contribution in [0.4, 0.5) is 0 Å². The van der Waals surface area contributed by atoms with E-state index < -0.39 is 36.6 Å². The third-order valence-electron chi connectivity index (χ3n) is 9.87. The van der Waals surface area contributed by atoms with Gasteiger partial charge in [0, 0.05) is 6.54 Å². The molecule has 1 saturated heterocycles. The van der Waals surface area contributed by atoms with Crippen LogP contribution in [-0.2, 0) is 59.6 Å². The molecule has 0 aromatic heterocycles. The van der Waals surface area contributed by atoms with Gasteiger partial charge in [-0.05, 0) is 47.9 Å². The maximum atomic E-state index is 13.2. The molecule has 0 radical (unpaired) electrons. The molecule has 2 aliphatic rings. The van der Waals surface area contributed by atoms with Crippen molar-refractivity contribution in [2.24, 2.45) is 5.92 Å². The normalized spacial score (nSPS) is 21.3. The van der Waals surface area contributed by atoms with Crippen LogP contribution in [0.3, 0.4) is 0 Å². The molecule has 1 N–H and O–H groups in total. The number of hydrogen-bond donors (Lipinski definition) is 1. The summed E-state index contributed by atoms with van der Waals surface area (Å²) < 4.78 is 39.9. The Labute approximate surface area is 326 Å². The molecular weight excluding hydrogens is 691 g/mol. The van der Waals surface area contributed by atoms with Gasteiger partial charge in [0.05, 0.1) is 45.6 Å². The SMILES string of the molecule is C[C@H](CO[C@@H]1O[C@H](COCc2ccccc2)[C@@H](OCc2ccccc2)[C@H](OCc2ccccc2)[C@@H]1OCc1ccccc1)C(=O)NCCCCC1=CC=CC1. The van der Waals surface area contributed by atoms with Crippen LogP contribution in [0.5, 0.6) is 0 Å². The molecule has 6 rings (SSSR count). The average Bonchev–Trinajstić information content (AvgIpc) is 3.76. The van der Waals surface area contributed by atoms with Crippen molar-refractivity contribution in [3.8, 4) is 0 Å². The fraction of sp³-hybridized carbons (Fsp3) is 0.383. The zero-order valence-electron chi connectivity index (χ0n) is 31.9. The second kappa shape index (κ2) is 22.2. The van der Waals surface area contributed by atoms with Crippen molar-refractivity contribution in [2.45, 2.75) is 89.7 Å². The average molecular weight is 746 g/mol. The van der Waals surface area contributed by atoms with E-state index in [0.717, 1.165) is 47.9 Å². The van der Waals surface area contributed by atoms with E-state index in [9.17, 15) is 4.79 Å². The molecule has 0 unspecified atom stereocenters. The lowest BCUT2D eigenvalue weighted by atomic mass is 9.97. The van der Waals surface area contributed by atoms with E-state index in [0.29, 0.717) is 33.0 Å². The van der Waals surface area contributed by atoms with Gasteiger partial charge in [-0.25, -0.2) is 0 Å². The topological polar surface area (TPSA) is 84.5 Å². The van der Waals surface area contributed by atoms with E-state index in [1.807, 2.05) is 128 Å². The molecule has 0 bridgehead atoms. The van der Waals surface area contributed by atoms with E-state index in [-0.39, 0.29) is 19.1 Å². The van der Waals surface area contributed by atoms with Crippen molar-refractivity contribution >= 4 is 5.91 Å². The van der Waals surface area contributed by atoms with Gasteiger partial charge in [-0.15, -0.1) is 0 Å². The van der Waals surface area contributed by atoms with Gasteiger partial charge in [0.2, 0.25) is 5.91 Å². The predicted molar refractivity (Wildman–Crippen MR) is 214 cm³/mol. The second-order valence-electron chi connectivity index (χ2n) is 14.3. The highest BCUT2D eigenvalue weighted by molar-refractivity contribution is 5.78. The Kier molecular flexibility index (Phi) is 16.3. The molecule has 4 aromatic carbocycles. The number of carbonyl (C=O) groups is 1. The first kappa shape index (κ1) is 40.3. The minimum absolute atomic E-state index is 0.0528. The van der Waals surface area contributed by atoms with E-state index in [4.69, 9.17) is 28.4 Å². The highest BCUT2D eigenvalue weighted by atomic mass is 16.7. The molecule has 1 fully saturated rings. The van der Waals surface area contributed by atoms with Crippen LogP contribution in [0, 0.1) is 5.92 Å². The fourth-order valence-corrected chi connectivity index (χ4v) is 6.74. The molecule has 6 atom stereocenters. The van der Waals surface area contributed by atoms with Crippen molar-refractivity contribution in [3.63, 3.8) is 0 Å². The minimum Gasteiger partial charge on any atom is -0.374 e. The Balaban J connectivity index is 1.19. The van der Waals surface area contributed by atoms with E-state index in [1.54, 1.807) is 0 Å². The smallest absolute Gasteiger partial charge is 0.225 e. The standard InChI is InChI=1S/C47H55NO7/c1-36(46(49)48-29-17-16-20-37-18-14-15-19-37)30-54-47-45(53-34-41-27-12-5-13-28-41)44(52-33-40-25-10-4-11-26-40)43(51-32-39-23-8-3-9-24-39)42(55-47)35-50-31-38-21-6-2-7-22-38/h2-15,18,21-28,36,42-45,47H,16-17,19-20,29-35H2,1H3,(H,48,49)/t36-,42-,43-,44+,45+,47-/m1/s1. The summed E-state index contributed by atoms with van der Waals surface area (Å²) in [7, 11) is 0. The van der Waals surface area contributed by atoms with Crippen molar-refractivity contribution < 1.29 is 33.2 Å². The molecule has 1 heterocycles. The van der Waals surface area contributed by atoms with Gasteiger partial charge in [0.15, 0.2) is 6.29 Å². The van der Waals surface area contributed by atoms with Gasteiger partial charge < -0.3 is 33.7 Å². The summed E-state index contributed by atoms with van der Waals surface area (Å²) in [6.45, 7) is 4.27. The maximum Gasteiger partial charge on any atom is 0.225 e. The summed E-state index contributed by atoms with van der Waals surface area (Å²) >= 11 is 0. The Morgan fingerprint density at radius 1 is 0.673 bits per heavy atom. The lowest BCUT2D eigenvalue weighted by Gasteiger charge is -2.46. The van der Waals surface area contributed by atoms with E-state index in [2.05, 4.69) is 23.5 Å². The van der Waals surface area contributed by atoms with Gasteiger partial charge >= 0.3 is 0 Å². The van der Waals surface area contributed by atoms with Crippen molar-refractivity contribution in [1.82, 2.24) is 5.32 Å². The molecule has 8 nitrogen and oxygen atoms in total. The quantitative estimate of drug-likeness (QED) is 0.0808. The van der Waals surface area contributed by atoms with Crippen LogP contribution >= 0.6 is 0 Å². The summed E-state index contributed by atoms with van der Waals surface area (Å²) in [5.74, 6) is -0.466. The highest BCUT2D eigenvalue weighted by Crippen LogP contribution is 2.32. The number of amides is 1. The first-order chi connectivity index (χ1) is 27.1. The van der Waals surface area contributed by atoms with Crippen LogP contribution < -0.4 is 5.32 Å². The summed E-state index contributed by atoms with van der Waals surface area (Å²) in [5, 5.41) is 3.10. The van der Waals surface area contributed by atoms with Crippen molar-refractivity contribution in [3.05, 3.63) is 167 Å². The van der Waals surface area contributed by atoms with Crippen molar-refractivity contribution in [1.29, 1.82) is 0 Å². The monoisotopic (exact) mass is 745 g/mol. The number of ether oxygens (including phenoxy) is 6. The number of carbonyl (C=O) groups excluding carboxylic acids is 1. The summed E-state index contributed by atoms with van der Waals surface area (Å²) in [4.78, 5) is 13.2. The summed E-state index contributed by atoms with van der Waals surface area (Å²) in [6, 6.07) is 40.2. The van der Waals surface area contributed by atoms with Crippen LogP contribution in [0.1, 0.15) is 54.9 Å². The molecule has 4 aromatic rings. The molecule has 290 valence electrons. The lowest BCUT2D eigenvalue weighted by Crippen LogP contribution is -2.62. The van der Waals surface area contributed by atoms with E-state index >= 15 is 0 Å². The molecule has 1 amide bonds. The minimum atomic E-state index is -0.866. The lowest BCUT2D eigenvalue weighted by molar-refractivity contribution is -0.329. The van der Waals surface area contributed by atoms with Crippen LogP contribution in [0.2, 0.25) is 0 Å². The Bertz CT molecular complexity index is 1730. The third-order valence-corrected chi connectivity index (χ3v) is 9.87. The maximum absolute atomic E-state index is 13.2. The number of hydrogen-bond acceptors (Lipinski definition) is 7. The second-order valence-corrected chi connectivity index (χ2v) is 14.3. The molecule has 0 spiro atoms. The largest absolute Gasteiger partial charge is 0.374 e. The Morgan fingerprint density at radius 2 is 1.20 bits per heavy atom. The van der Waals surface area contributed by atoms with Crippen LogP contribution in [-0.4, -0.2) is 56.4 Å². The number of rotatable bonds is 22. The van der Waals surface area contributed by atoms with Gasteiger partial charge in [0.1, 0.15) is 24.4 Å². The number of allylic oxidation sites excluding steroid dienone is 4. The molecule has 0 saturated carbocycles. The molecular formula is C47H55NO7. The fourth-order valence-electron chi connectivity index (χ4n) is 6.74. The first-order valence-electron chi connectivity index (χ1n) is 19.6. The zero-order valence-corrected chi connectivity index (χ0v) is 31.9. The molecule has 8 heteroatoms. The number of benzene rings is 4. The van der Waals surface area contributed by atoms with Gasteiger partial charge in [-0.2, -0.15) is 0 Å². The highest BCUT2D eigenvalue weighted by Gasteiger charge is 2.49.